The molecule has 0 atom stereocenters. The van der Waals surface area contributed by atoms with Crippen molar-refractivity contribution < 1.29 is 0 Å². The average Bonchev–Trinajstić information content (AvgIpc) is 2.55. The molecule has 1 aromatic rings. The number of dihydropyridines is 1. The molecule has 1 heterocycles. The highest BCUT2D eigenvalue weighted by Crippen LogP contribution is 2.09. The van der Waals surface area contributed by atoms with Gasteiger partial charge in [-0.2, -0.15) is 5.26 Å². The predicted octanol–water partition coefficient (Wildman–Crippen LogP) is 3.46. The van der Waals surface area contributed by atoms with E-state index in [4.69, 9.17) is 5.26 Å². The third-order valence-electron chi connectivity index (χ3n) is 3.05. The van der Waals surface area contributed by atoms with Gasteiger partial charge in [-0.3, -0.25) is 0 Å². The van der Waals surface area contributed by atoms with E-state index < -0.39 is 0 Å². The maximum absolute atomic E-state index is 9.00. The zero-order valence-electron chi connectivity index (χ0n) is 12.5. The van der Waals surface area contributed by atoms with Gasteiger partial charge in [-0.05, 0) is 24.1 Å². The molecule has 0 aliphatic carbocycles. The maximum Gasteiger partial charge on any atom is 0.0995 e. The number of nitrogens with one attached hydrogen (secondary N) is 2. The van der Waals surface area contributed by atoms with Gasteiger partial charge in [0, 0.05) is 13.1 Å². The van der Waals surface area contributed by atoms with Crippen LogP contribution < -0.4 is 10.6 Å². The third-order valence-corrected chi connectivity index (χ3v) is 3.05. The molecule has 2 N–H and O–H groups in total. The van der Waals surface area contributed by atoms with Gasteiger partial charge in [-0.25, -0.2) is 0 Å². The van der Waals surface area contributed by atoms with Crippen LogP contribution in [0, 0.1) is 11.3 Å². The van der Waals surface area contributed by atoms with Crippen LogP contribution in [0.1, 0.15) is 38.3 Å². The molecule has 0 radical (unpaired) electrons. The van der Waals surface area contributed by atoms with Gasteiger partial charge < -0.3 is 10.6 Å². The van der Waals surface area contributed by atoms with Crippen molar-refractivity contribution in [1.82, 2.24) is 10.6 Å². The van der Waals surface area contributed by atoms with E-state index in [0.717, 1.165) is 29.9 Å². The van der Waals surface area contributed by atoms with Crippen LogP contribution in [0.15, 0.2) is 47.8 Å². The summed E-state index contributed by atoms with van der Waals surface area (Å²) in [6.07, 6.45) is 5.28. The summed E-state index contributed by atoms with van der Waals surface area (Å²) < 4.78 is 0. The first kappa shape index (κ1) is 15.8. The van der Waals surface area contributed by atoms with Crippen molar-refractivity contribution in [2.75, 3.05) is 6.54 Å². The summed E-state index contributed by atoms with van der Waals surface area (Å²) in [4.78, 5) is 0. The lowest BCUT2D eigenvalue weighted by atomic mass is 10.1. The third kappa shape index (κ3) is 4.47. The van der Waals surface area contributed by atoms with E-state index in [1.165, 1.54) is 5.57 Å². The van der Waals surface area contributed by atoms with Crippen molar-refractivity contribution in [1.29, 1.82) is 5.26 Å². The summed E-state index contributed by atoms with van der Waals surface area (Å²) >= 11 is 0. The van der Waals surface area contributed by atoms with Crippen molar-refractivity contribution >= 4 is 0 Å². The van der Waals surface area contributed by atoms with Crippen LogP contribution in [0.3, 0.4) is 0 Å². The fraction of sp³-hybridized carbons (Fsp3) is 0.353. The topological polar surface area (TPSA) is 47.9 Å². The Kier molecular flexibility index (Phi) is 6.99. The lowest BCUT2D eigenvalue weighted by Crippen LogP contribution is -2.29. The second-order valence-corrected chi connectivity index (χ2v) is 4.23. The molecule has 2 rings (SSSR count). The quantitative estimate of drug-likeness (QED) is 0.880. The van der Waals surface area contributed by atoms with Crippen molar-refractivity contribution in [3.8, 4) is 6.07 Å². The first-order valence-electron chi connectivity index (χ1n) is 7.19. The summed E-state index contributed by atoms with van der Waals surface area (Å²) in [6.45, 7) is 7.72. The summed E-state index contributed by atoms with van der Waals surface area (Å²) in [5, 5.41) is 15.6. The molecule has 0 aromatic heterocycles. The van der Waals surface area contributed by atoms with Crippen molar-refractivity contribution in [2.24, 2.45) is 0 Å². The Morgan fingerprint density at radius 1 is 1.25 bits per heavy atom. The molecule has 0 unspecified atom stereocenters. The van der Waals surface area contributed by atoms with E-state index in [1.54, 1.807) is 0 Å². The van der Waals surface area contributed by atoms with Gasteiger partial charge >= 0.3 is 0 Å². The van der Waals surface area contributed by atoms with Gasteiger partial charge in [-0.15, -0.1) is 0 Å². The zero-order chi connectivity index (χ0) is 14.8. The zero-order valence-corrected chi connectivity index (χ0v) is 12.5. The van der Waals surface area contributed by atoms with Gasteiger partial charge in [0.25, 0.3) is 0 Å². The van der Waals surface area contributed by atoms with Crippen molar-refractivity contribution in [3.05, 3.63) is 58.9 Å². The molecule has 106 valence electrons. The molecular weight excluding hydrogens is 246 g/mol. The number of benzene rings is 1. The number of nitrogens with zero attached hydrogens (tertiary/aromatic N) is 1. The molecule has 1 aromatic carbocycles. The highest BCUT2D eigenvalue weighted by Gasteiger charge is 2.05. The molecule has 0 bridgehead atoms. The summed E-state index contributed by atoms with van der Waals surface area (Å²) in [5.41, 5.74) is 3.15. The van der Waals surface area contributed by atoms with Crippen LogP contribution >= 0.6 is 0 Å². The minimum absolute atomic E-state index is 0.665. The van der Waals surface area contributed by atoms with Crippen LogP contribution in [0.2, 0.25) is 0 Å². The normalized spacial score (nSPS) is 12.9. The van der Waals surface area contributed by atoms with Gasteiger partial charge in [0.2, 0.25) is 0 Å². The van der Waals surface area contributed by atoms with Crippen LogP contribution in [0.5, 0.6) is 0 Å². The SMILES string of the molecule is CC.CCC1=CC=C(NCc2ccccc2C#N)NC1. The van der Waals surface area contributed by atoms with Gasteiger partial charge in [-0.1, -0.05) is 50.6 Å². The average molecular weight is 269 g/mol. The molecule has 1 aliphatic rings. The fourth-order valence-corrected chi connectivity index (χ4v) is 1.87. The Bertz CT molecular complexity index is 521. The second kappa shape index (κ2) is 8.82. The van der Waals surface area contributed by atoms with Crippen molar-refractivity contribution in [2.45, 2.75) is 33.7 Å². The van der Waals surface area contributed by atoms with E-state index in [9.17, 15) is 0 Å². The number of hydrogen-bond acceptors (Lipinski definition) is 3. The van der Waals surface area contributed by atoms with Crippen molar-refractivity contribution in [3.63, 3.8) is 0 Å². The minimum atomic E-state index is 0.665. The van der Waals surface area contributed by atoms with E-state index >= 15 is 0 Å². The first-order chi connectivity index (χ1) is 9.83. The standard InChI is InChI=1S/C15H17N3.C2H6/c1-2-12-7-8-15(17-10-12)18-11-14-6-4-3-5-13(14)9-16;1-2/h3-8,17-18H,2,10-11H2,1H3;1-2H3. The Labute approximate surface area is 122 Å². The van der Waals surface area contributed by atoms with Gasteiger partial charge in [0.05, 0.1) is 17.5 Å². The number of rotatable bonds is 4. The van der Waals surface area contributed by atoms with E-state index in [-0.39, 0.29) is 0 Å². The molecule has 0 saturated heterocycles. The van der Waals surface area contributed by atoms with Crippen LogP contribution in [-0.4, -0.2) is 6.54 Å². The molecular formula is C17H23N3. The lowest BCUT2D eigenvalue weighted by Gasteiger charge is -2.18. The van der Waals surface area contributed by atoms with Gasteiger partial charge in [0.1, 0.15) is 0 Å². The predicted molar refractivity (Wildman–Crippen MR) is 83.8 cm³/mol. The number of hydrogen-bond donors (Lipinski definition) is 2. The van der Waals surface area contributed by atoms with Gasteiger partial charge in [0.15, 0.2) is 0 Å². The number of allylic oxidation sites excluding steroid dienone is 2. The van der Waals surface area contributed by atoms with E-state index in [2.05, 4.69) is 35.8 Å². The molecule has 20 heavy (non-hydrogen) atoms. The Morgan fingerprint density at radius 2 is 2.00 bits per heavy atom. The molecule has 1 aliphatic heterocycles. The minimum Gasteiger partial charge on any atom is -0.368 e. The molecule has 0 saturated carbocycles. The highest BCUT2D eigenvalue weighted by molar-refractivity contribution is 5.37. The largest absolute Gasteiger partial charge is 0.368 e. The second-order valence-electron chi connectivity index (χ2n) is 4.23. The monoisotopic (exact) mass is 269 g/mol. The highest BCUT2D eigenvalue weighted by atomic mass is 15.1. The van der Waals surface area contributed by atoms with Crippen LogP contribution in [-0.2, 0) is 6.54 Å². The Balaban J connectivity index is 0.000000956. The summed E-state index contributed by atoms with van der Waals surface area (Å²) in [6, 6.07) is 9.86. The van der Waals surface area contributed by atoms with E-state index in [1.807, 2.05) is 38.1 Å². The molecule has 0 amide bonds. The Hall–Kier alpha value is -2.21. The maximum atomic E-state index is 9.00. The van der Waals surface area contributed by atoms with E-state index in [0.29, 0.717) is 6.54 Å². The van der Waals surface area contributed by atoms with Crippen LogP contribution in [0.25, 0.3) is 0 Å². The van der Waals surface area contributed by atoms with Crippen LogP contribution in [0.4, 0.5) is 0 Å². The summed E-state index contributed by atoms with van der Waals surface area (Å²) in [5.74, 6) is 1.01. The summed E-state index contributed by atoms with van der Waals surface area (Å²) in [7, 11) is 0. The first-order valence-corrected chi connectivity index (χ1v) is 7.19. The molecule has 3 nitrogen and oxygen atoms in total. The smallest absolute Gasteiger partial charge is 0.0995 e. The fourth-order valence-electron chi connectivity index (χ4n) is 1.87. The lowest BCUT2D eigenvalue weighted by molar-refractivity contribution is 0.690. The molecule has 0 fully saturated rings. The molecule has 3 heteroatoms. The molecule has 0 spiro atoms. The Morgan fingerprint density at radius 3 is 2.60 bits per heavy atom. The number of nitriles is 1.